The highest BCUT2D eigenvalue weighted by molar-refractivity contribution is 5.89. The van der Waals surface area contributed by atoms with Crippen molar-refractivity contribution in [2.24, 2.45) is 5.92 Å². The van der Waals surface area contributed by atoms with Crippen molar-refractivity contribution in [3.8, 4) is 0 Å². The highest BCUT2D eigenvalue weighted by Crippen LogP contribution is 2.31. The Labute approximate surface area is 155 Å². The SMILES string of the molecule is CC1CN(C(=O)Nc2cccnc2)CC/C1=C\c1cccc(C(F)(F)F)c1. The second-order valence-electron chi connectivity index (χ2n) is 6.61. The molecule has 3 rings (SSSR count). The van der Waals surface area contributed by atoms with Gasteiger partial charge >= 0.3 is 12.2 Å². The molecule has 1 unspecified atom stereocenters. The fourth-order valence-electron chi connectivity index (χ4n) is 3.11. The van der Waals surface area contributed by atoms with Gasteiger partial charge in [0.05, 0.1) is 17.4 Å². The molecule has 142 valence electrons. The number of carbonyl (C=O) groups excluding carboxylic acids is 1. The number of pyridine rings is 1. The zero-order valence-electron chi connectivity index (χ0n) is 14.8. The van der Waals surface area contributed by atoms with E-state index in [0.29, 0.717) is 30.8 Å². The average Bonchev–Trinajstić information content (AvgIpc) is 2.64. The van der Waals surface area contributed by atoms with Crippen LogP contribution in [-0.2, 0) is 6.18 Å². The van der Waals surface area contributed by atoms with Gasteiger partial charge in [0, 0.05) is 19.3 Å². The van der Waals surface area contributed by atoms with Gasteiger partial charge in [-0.2, -0.15) is 13.2 Å². The zero-order valence-corrected chi connectivity index (χ0v) is 14.8. The predicted molar refractivity (Wildman–Crippen MR) is 98.0 cm³/mol. The summed E-state index contributed by atoms with van der Waals surface area (Å²) in [6.45, 7) is 3.00. The summed E-state index contributed by atoms with van der Waals surface area (Å²) in [6, 6.07) is 8.60. The van der Waals surface area contributed by atoms with Gasteiger partial charge in [-0.3, -0.25) is 4.98 Å². The summed E-state index contributed by atoms with van der Waals surface area (Å²) in [6.07, 6.45) is 1.27. The van der Waals surface area contributed by atoms with Crippen molar-refractivity contribution in [3.63, 3.8) is 0 Å². The number of likely N-dealkylation sites (tertiary alicyclic amines) is 1. The minimum atomic E-state index is -4.35. The van der Waals surface area contributed by atoms with E-state index in [1.807, 2.05) is 6.92 Å². The number of carbonyl (C=O) groups is 1. The first-order chi connectivity index (χ1) is 12.8. The molecule has 4 nitrogen and oxygen atoms in total. The lowest BCUT2D eigenvalue weighted by molar-refractivity contribution is -0.137. The second kappa shape index (κ2) is 7.82. The average molecular weight is 375 g/mol. The van der Waals surface area contributed by atoms with E-state index >= 15 is 0 Å². The fraction of sp³-hybridized carbons (Fsp3) is 0.300. The number of alkyl halides is 3. The van der Waals surface area contributed by atoms with E-state index in [2.05, 4.69) is 10.3 Å². The molecule has 1 aliphatic rings. The number of benzene rings is 1. The molecule has 1 aromatic carbocycles. The van der Waals surface area contributed by atoms with E-state index < -0.39 is 11.7 Å². The number of urea groups is 1. The molecule has 1 atom stereocenters. The van der Waals surface area contributed by atoms with Gasteiger partial charge < -0.3 is 10.2 Å². The van der Waals surface area contributed by atoms with Crippen LogP contribution in [0.5, 0.6) is 0 Å². The highest BCUT2D eigenvalue weighted by Gasteiger charge is 2.30. The van der Waals surface area contributed by atoms with Gasteiger partial charge in [-0.05, 0) is 42.2 Å². The second-order valence-corrected chi connectivity index (χ2v) is 6.61. The quantitative estimate of drug-likeness (QED) is 0.798. The number of nitrogens with one attached hydrogen (secondary N) is 1. The minimum absolute atomic E-state index is 0.0629. The Bertz CT molecular complexity index is 834. The van der Waals surface area contributed by atoms with Crippen molar-refractivity contribution in [2.75, 3.05) is 18.4 Å². The van der Waals surface area contributed by atoms with E-state index in [1.54, 1.807) is 41.6 Å². The standard InChI is InChI=1S/C20H20F3N3O/c1-14-13-26(19(27)25-18-6-3-8-24-12-18)9-7-16(14)10-15-4-2-5-17(11-15)20(21,22)23/h2-6,8,10-12,14H,7,9,13H2,1H3,(H,25,27)/b16-10+. The topological polar surface area (TPSA) is 45.2 Å². The molecule has 0 radical (unpaired) electrons. The van der Waals surface area contributed by atoms with Gasteiger partial charge in [0.2, 0.25) is 0 Å². The highest BCUT2D eigenvalue weighted by atomic mass is 19.4. The number of hydrogen-bond donors (Lipinski definition) is 1. The maximum atomic E-state index is 12.9. The molecule has 0 aliphatic carbocycles. The Morgan fingerprint density at radius 1 is 1.30 bits per heavy atom. The normalized spacial score (nSPS) is 19.2. The Morgan fingerprint density at radius 3 is 2.78 bits per heavy atom. The molecule has 0 spiro atoms. The molecular weight excluding hydrogens is 355 g/mol. The van der Waals surface area contributed by atoms with Gasteiger partial charge in [-0.25, -0.2) is 4.79 Å². The van der Waals surface area contributed by atoms with Crippen LogP contribution in [0.4, 0.5) is 23.7 Å². The number of rotatable bonds is 2. The molecule has 27 heavy (non-hydrogen) atoms. The molecule has 1 saturated heterocycles. The van der Waals surface area contributed by atoms with Crippen LogP contribution in [0, 0.1) is 5.92 Å². The number of halogens is 3. The third kappa shape index (κ3) is 4.87. The predicted octanol–water partition coefficient (Wildman–Crippen LogP) is 5.06. The molecule has 1 N–H and O–H groups in total. The van der Waals surface area contributed by atoms with Crippen molar-refractivity contribution in [2.45, 2.75) is 19.5 Å². The molecule has 1 fully saturated rings. The third-order valence-corrected chi connectivity index (χ3v) is 4.56. The third-order valence-electron chi connectivity index (χ3n) is 4.56. The van der Waals surface area contributed by atoms with E-state index in [1.165, 1.54) is 6.07 Å². The molecule has 2 aromatic rings. The van der Waals surface area contributed by atoms with Crippen LogP contribution < -0.4 is 5.32 Å². The van der Waals surface area contributed by atoms with Gasteiger partial charge in [0.25, 0.3) is 0 Å². The van der Waals surface area contributed by atoms with Gasteiger partial charge in [-0.15, -0.1) is 0 Å². The number of amides is 2. The molecular formula is C20H20F3N3O. The summed E-state index contributed by atoms with van der Waals surface area (Å²) < 4.78 is 38.6. The number of aromatic nitrogens is 1. The summed E-state index contributed by atoms with van der Waals surface area (Å²) in [5.41, 5.74) is 1.54. The van der Waals surface area contributed by atoms with E-state index in [4.69, 9.17) is 0 Å². The largest absolute Gasteiger partial charge is 0.416 e. The van der Waals surface area contributed by atoms with Crippen molar-refractivity contribution in [1.82, 2.24) is 9.88 Å². The number of nitrogens with zero attached hydrogens (tertiary/aromatic N) is 2. The Balaban J connectivity index is 1.66. The van der Waals surface area contributed by atoms with Gasteiger partial charge in [0.15, 0.2) is 0 Å². The van der Waals surface area contributed by atoms with E-state index in [0.717, 1.165) is 17.7 Å². The first-order valence-corrected chi connectivity index (χ1v) is 8.66. The first kappa shape index (κ1) is 18.9. The summed E-state index contributed by atoms with van der Waals surface area (Å²) in [7, 11) is 0. The Kier molecular flexibility index (Phi) is 5.48. The monoisotopic (exact) mass is 375 g/mol. The van der Waals surface area contributed by atoms with E-state index in [-0.39, 0.29) is 11.9 Å². The molecule has 1 aliphatic heterocycles. The van der Waals surface area contributed by atoms with Crippen LogP contribution in [-0.4, -0.2) is 29.0 Å². The number of hydrogen-bond acceptors (Lipinski definition) is 2. The van der Waals surface area contributed by atoms with Crippen LogP contribution in [0.1, 0.15) is 24.5 Å². The Morgan fingerprint density at radius 2 is 2.11 bits per heavy atom. The maximum absolute atomic E-state index is 12.9. The summed E-state index contributed by atoms with van der Waals surface area (Å²) in [5.74, 6) is 0.0629. The van der Waals surface area contributed by atoms with Crippen LogP contribution in [0.15, 0.2) is 54.4 Å². The smallest absolute Gasteiger partial charge is 0.324 e. The number of anilines is 1. The van der Waals surface area contributed by atoms with Crippen molar-refractivity contribution < 1.29 is 18.0 Å². The van der Waals surface area contributed by atoms with Crippen LogP contribution in [0.3, 0.4) is 0 Å². The lowest BCUT2D eigenvalue weighted by atomic mass is 9.91. The lowest BCUT2D eigenvalue weighted by Gasteiger charge is -2.33. The molecule has 0 bridgehead atoms. The number of piperidine rings is 1. The maximum Gasteiger partial charge on any atom is 0.416 e. The zero-order chi connectivity index (χ0) is 19.4. The van der Waals surface area contributed by atoms with Gasteiger partial charge in [0.1, 0.15) is 0 Å². The van der Waals surface area contributed by atoms with Crippen LogP contribution in [0.2, 0.25) is 0 Å². The van der Waals surface area contributed by atoms with Crippen molar-refractivity contribution in [3.05, 3.63) is 65.5 Å². The summed E-state index contributed by atoms with van der Waals surface area (Å²) >= 11 is 0. The summed E-state index contributed by atoms with van der Waals surface area (Å²) in [5, 5.41) is 2.80. The first-order valence-electron chi connectivity index (χ1n) is 8.66. The Hall–Kier alpha value is -2.83. The van der Waals surface area contributed by atoms with Crippen molar-refractivity contribution in [1.29, 1.82) is 0 Å². The molecule has 1 aromatic heterocycles. The minimum Gasteiger partial charge on any atom is -0.324 e. The molecule has 0 saturated carbocycles. The van der Waals surface area contributed by atoms with E-state index in [9.17, 15) is 18.0 Å². The molecule has 2 heterocycles. The van der Waals surface area contributed by atoms with Crippen molar-refractivity contribution >= 4 is 17.8 Å². The summed E-state index contributed by atoms with van der Waals surface area (Å²) in [4.78, 5) is 18.0. The fourth-order valence-corrected chi connectivity index (χ4v) is 3.11. The van der Waals surface area contributed by atoms with Gasteiger partial charge in [-0.1, -0.05) is 30.7 Å². The molecule has 7 heteroatoms. The lowest BCUT2D eigenvalue weighted by Crippen LogP contribution is -2.42. The van der Waals surface area contributed by atoms with Crippen LogP contribution in [0.25, 0.3) is 6.08 Å². The molecule has 2 amide bonds. The van der Waals surface area contributed by atoms with Crippen LogP contribution >= 0.6 is 0 Å².